The third-order valence-electron chi connectivity index (χ3n) is 4.10. The van der Waals surface area contributed by atoms with Gasteiger partial charge in [0, 0.05) is 17.5 Å². The normalized spacial score (nSPS) is 42.1. The molecule has 1 aliphatic carbocycles. The molecule has 1 saturated carbocycles. The summed E-state index contributed by atoms with van der Waals surface area (Å²) in [6, 6.07) is 0.0468. The van der Waals surface area contributed by atoms with E-state index in [1.165, 1.54) is 0 Å². The maximum absolute atomic E-state index is 10.9. The first-order chi connectivity index (χ1) is 8.87. The van der Waals surface area contributed by atoms with E-state index in [4.69, 9.17) is 9.47 Å². The maximum atomic E-state index is 10.9. The van der Waals surface area contributed by atoms with Crippen LogP contribution in [0.3, 0.4) is 0 Å². The fraction of sp³-hybridized carbons (Fsp3) is 1.00. The van der Waals surface area contributed by atoms with Gasteiger partial charge >= 0.3 is 0 Å². The summed E-state index contributed by atoms with van der Waals surface area (Å²) in [6.07, 6.45) is 0.556. The number of β-amino-alcohol motifs (C(OH)–C–C–N with tert-alkyl or cyclic N) is 1. The lowest BCUT2D eigenvalue weighted by Gasteiger charge is -2.41. The van der Waals surface area contributed by atoms with Gasteiger partial charge in [-0.05, 0) is 26.7 Å². The summed E-state index contributed by atoms with van der Waals surface area (Å²) < 4.78 is 11.5. The van der Waals surface area contributed by atoms with Crippen LogP contribution in [0.15, 0.2) is 0 Å². The van der Waals surface area contributed by atoms with Gasteiger partial charge in [-0.2, -0.15) is 0 Å². The van der Waals surface area contributed by atoms with E-state index in [9.17, 15) is 15.2 Å². The lowest BCUT2D eigenvalue weighted by atomic mass is 9.93. The Morgan fingerprint density at radius 2 is 2.00 bits per heavy atom. The van der Waals surface area contributed by atoms with Crippen LogP contribution < -0.4 is 0 Å². The van der Waals surface area contributed by atoms with Crippen LogP contribution in [0.5, 0.6) is 0 Å². The Balaban J connectivity index is 1.84. The van der Waals surface area contributed by atoms with Crippen LogP contribution in [-0.2, 0) is 9.47 Å². The zero-order chi connectivity index (χ0) is 13.8. The fourth-order valence-corrected chi connectivity index (χ4v) is 3.24. The molecule has 7 nitrogen and oxygen atoms in total. The van der Waals surface area contributed by atoms with Gasteiger partial charge in [0.05, 0.1) is 6.10 Å². The number of aliphatic hydroxyl groups is 1. The van der Waals surface area contributed by atoms with E-state index in [1.807, 2.05) is 4.90 Å². The molecule has 2 aliphatic heterocycles. The van der Waals surface area contributed by atoms with Crippen LogP contribution in [0.2, 0.25) is 0 Å². The van der Waals surface area contributed by atoms with Gasteiger partial charge in [-0.25, -0.2) is 0 Å². The smallest absolute Gasteiger partial charge is 0.221 e. The molecule has 7 heteroatoms. The average molecular weight is 272 g/mol. The van der Waals surface area contributed by atoms with Crippen LogP contribution >= 0.6 is 0 Å². The molecule has 0 amide bonds. The number of nitro groups is 1. The summed E-state index contributed by atoms with van der Waals surface area (Å²) in [4.78, 5) is 12.6. The number of rotatable bonds is 3. The van der Waals surface area contributed by atoms with Gasteiger partial charge in [0.25, 0.3) is 0 Å². The molecule has 19 heavy (non-hydrogen) atoms. The molecule has 0 unspecified atom stereocenters. The lowest BCUT2D eigenvalue weighted by molar-refractivity contribution is -0.490. The number of hydrogen-bond donors (Lipinski definition) is 1. The minimum atomic E-state index is -0.787. The van der Waals surface area contributed by atoms with E-state index < -0.39 is 24.1 Å². The van der Waals surface area contributed by atoms with Crippen molar-refractivity contribution in [3.63, 3.8) is 0 Å². The van der Waals surface area contributed by atoms with Gasteiger partial charge in [-0.1, -0.05) is 0 Å². The zero-order valence-corrected chi connectivity index (χ0v) is 11.2. The van der Waals surface area contributed by atoms with Crippen molar-refractivity contribution in [2.45, 2.75) is 62.9 Å². The Hall–Kier alpha value is -0.760. The first-order valence-electron chi connectivity index (χ1n) is 6.78. The molecule has 2 heterocycles. The van der Waals surface area contributed by atoms with E-state index >= 15 is 0 Å². The van der Waals surface area contributed by atoms with E-state index in [0.717, 1.165) is 12.8 Å². The quantitative estimate of drug-likeness (QED) is 0.574. The largest absolute Gasteiger partial charge is 0.389 e. The third-order valence-corrected chi connectivity index (χ3v) is 4.10. The minimum absolute atomic E-state index is 0.163. The van der Waals surface area contributed by atoms with Crippen molar-refractivity contribution in [1.82, 2.24) is 4.90 Å². The lowest BCUT2D eigenvalue weighted by Crippen LogP contribution is -2.62. The van der Waals surface area contributed by atoms with Crippen molar-refractivity contribution in [2.24, 2.45) is 0 Å². The zero-order valence-electron chi connectivity index (χ0n) is 11.2. The second kappa shape index (κ2) is 4.37. The van der Waals surface area contributed by atoms with Gasteiger partial charge in [0.1, 0.15) is 18.2 Å². The average Bonchev–Trinajstić information content (AvgIpc) is 3.05. The van der Waals surface area contributed by atoms with E-state index in [0.29, 0.717) is 12.6 Å². The van der Waals surface area contributed by atoms with Crippen molar-refractivity contribution in [3.05, 3.63) is 10.1 Å². The molecular weight excluding hydrogens is 252 g/mol. The molecule has 0 spiro atoms. The van der Waals surface area contributed by atoms with Crippen LogP contribution in [0.1, 0.15) is 26.7 Å². The molecular formula is C12H20N2O5. The van der Waals surface area contributed by atoms with Crippen LogP contribution in [-0.4, -0.2) is 64.2 Å². The highest BCUT2D eigenvalue weighted by Crippen LogP contribution is 2.40. The van der Waals surface area contributed by atoms with Gasteiger partial charge in [-0.15, -0.1) is 0 Å². The van der Waals surface area contributed by atoms with E-state index in [1.54, 1.807) is 13.8 Å². The number of ether oxygens (including phenoxy) is 2. The Morgan fingerprint density at radius 3 is 2.58 bits per heavy atom. The summed E-state index contributed by atoms with van der Waals surface area (Å²) >= 11 is 0. The second-order valence-electron chi connectivity index (χ2n) is 6.14. The molecule has 0 aromatic carbocycles. The number of hydrogen-bond acceptors (Lipinski definition) is 6. The highest BCUT2D eigenvalue weighted by atomic mass is 16.8. The van der Waals surface area contributed by atoms with Crippen LogP contribution in [0, 0.1) is 10.1 Å². The molecule has 3 fully saturated rings. The first-order valence-corrected chi connectivity index (χ1v) is 6.78. The molecule has 1 N–H and O–H groups in total. The van der Waals surface area contributed by atoms with Crippen molar-refractivity contribution in [1.29, 1.82) is 0 Å². The number of aliphatic hydroxyl groups excluding tert-OH is 1. The number of nitrogens with zero attached hydrogens (tertiary/aromatic N) is 2. The molecule has 2 saturated heterocycles. The Labute approximate surface area is 111 Å². The predicted molar refractivity (Wildman–Crippen MR) is 65.2 cm³/mol. The SMILES string of the molecule is CC1(C)O[C@@H]2[C@H](O1)[C@H](O)CN(C1CC1)[C@H]2C[N+](=O)[O-]. The van der Waals surface area contributed by atoms with Crippen molar-refractivity contribution < 1.29 is 19.5 Å². The highest BCUT2D eigenvalue weighted by Gasteiger charge is 2.56. The molecule has 4 atom stereocenters. The number of piperidine rings is 1. The fourth-order valence-electron chi connectivity index (χ4n) is 3.24. The van der Waals surface area contributed by atoms with Crippen molar-refractivity contribution >= 4 is 0 Å². The molecule has 3 aliphatic rings. The Kier molecular flexibility index (Phi) is 3.05. The van der Waals surface area contributed by atoms with Gasteiger partial charge in [0.15, 0.2) is 5.79 Å². The topological polar surface area (TPSA) is 85.1 Å². The first kappa shape index (κ1) is 13.2. The second-order valence-corrected chi connectivity index (χ2v) is 6.14. The monoisotopic (exact) mass is 272 g/mol. The Bertz CT molecular complexity index is 384. The predicted octanol–water partition coefficient (Wildman–Crippen LogP) is -0.00930. The number of likely N-dealkylation sites (tertiary alicyclic amines) is 1. The standard InChI is InChI=1S/C12H20N2O5/c1-12(2)18-10-8(5-14(16)17)13(7-3-4-7)6-9(15)11(10)19-12/h7-11,15H,3-6H2,1-2H3/t8-,9+,10-,11+/m0/s1. The van der Waals surface area contributed by atoms with E-state index in [-0.39, 0.29) is 17.5 Å². The van der Waals surface area contributed by atoms with Crippen LogP contribution in [0.25, 0.3) is 0 Å². The van der Waals surface area contributed by atoms with Crippen molar-refractivity contribution in [3.8, 4) is 0 Å². The van der Waals surface area contributed by atoms with Gasteiger partial charge in [-0.3, -0.25) is 15.0 Å². The highest BCUT2D eigenvalue weighted by molar-refractivity contribution is 5.04. The van der Waals surface area contributed by atoms with Gasteiger partial charge < -0.3 is 14.6 Å². The van der Waals surface area contributed by atoms with Crippen LogP contribution in [0.4, 0.5) is 0 Å². The summed E-state index contributed by atoms with van der Waals surface area (Å²) in [6.45, 7) is 3.83. The molecule has 108 valence electrons. The minimum Gasteiger partial charge on any atom is -0.389 e. The summed E-state index contributed by atoms with van der Waals surface area (Å²) in [5.74, 6) is -0.787. The molecule has 0 aromatic heterocycles. The summed E-state index contributed by atoms with van der Waals surface area (Å²) in [5.41, 5.74) is 0. The molecule has 3 rings (SSSR count). The van der Waals surface area contributed by atoms with Crippen molar-refractivity contribution in [2.75, 3.05) is 13.1 Å². The Morgan fingerprint density at radius 1 is 1.37 bits per heavy atom. The van der Waals surface area contributed by atoms with E-state index in [2.05, 4.69) is 0 Å². The maximum Gasteiger partial charge on any atom is 0.221 e. The molecule has 0 radical (unpaired) electrons. The van der Waals surface area contributed by atoms with Gasteiger partial charge in [0.2, 0.25) is 6.54 Å². The third kappa shape index (κ3) is 2.47. The summed E-state index contributed by atoms with van der Waals surface area (Å²) in [5, 5.41) is 21.1. The molecule has 0 aromatic rings. The molecule has 0 bridgehead atoms. The summed E-state index contributed by atoms with van der Waals surface area (Å²) in [7, 11) is 0. The number of fused-ring (bicyclic) bond motifs is 1.